The Morgan fingerprint density at radius 1 is 1.08 bits per heavy atom. The second-order valence-electron chi connectivity index (χ2n) is 5.44. The van der Waals surface area contributed by atoms with Crippen molar-refractivity contribution in [3.05, 3.63) is 76.1 Å². The highest BCUT2D eigenvalue weighted by molar-refractivity contribution is 7.98. The van der Waals surface area contributed by atoms with Gasteiger partial charge < -0.3 is 9.72 Å². The molecular formula is C19H18N2O2S. The first-order chi connectivity index (χ1) is 11.6. The summed E-state index contributed by atoms with van der Waals surface area (Å²) in [7, 11) is 1.63. The Morgan fingerprint density at radius 3 is 2.46 bits per heavy atom. The molecule has 0 aliphatic carbocycles. The van der Waals surface area contributed by atoms with Crippen LogP contribution in [0.15, 0.2) is 64.5 Å². The van der Waals surface area contributed by atoms with Gasteiger partial charge in [0.15, 0.2) is 5.16 Å². The van der Waals surface area contributed by atoms with Crippen LogP contribution in [-0.4, -0.2) is 17.1 Å². The maximum Gasteiger partial charge on any atom is 0.252 e. The fourth-order valence-corrected chi connectivity index (χ4v) is 3.08. The Balaban J connectivity index is 1.80. The second-order valence-corrected chi connectivity index (χ2v) is 6.40. The molecule has 0 radical (unpaired) electrons. The summed E-state index contributed by atoms with van der Waals surface area (Å²) in [6, 6.07) is 17.4. The monoisotopic (exact) mass is 338 g/mol. The van der Waals surface area contributed by atoms with E-state index in [1.54, 1.807) is 7.11 Å². The molecule has 4 nitrogen and oxygen atoms in total. The predicted octanol–water partition coefficient (Wildman–Crippen LogP) is 4.05. The van der Waals surface area contributed by atoms with E-state index >= 15 is 0 Å². The maximum atomic E-state index is 11.9. The number of ether oxygens (including phenoxy) is 1. The summed E-state index contributed by atoms with van der Waals surface area (Å²) in [6.07, 6.45) is 0. The van der Waals surface area contributed by atoms with Gasteiger partial charge in [0, 0.05) is 17.4 Å². The fourth-order valence-electron chi connectivity index (χ4n) is 2.25. The molecule has 0 unspecified atom stereocenters. The third-order valence-electron chi connectivity index (χ3n) is 3.60. The lowest BCUT2D eigenvalue weighted by Crippen LogP contribution is -2.08. The quantitative estimate of drug-likeness (QED) is 0.563. The molecule has 2 aromatic carbocycles. The van der Waals surface area contributed by atoms with Crippen molar-refractivity contribution < 1.29 is 4.74 Å². The van der Waals surface area contributed by atoms with Crippen molar-refractivity contribution in [3.63, 3.8) is 0 Å². The van der Waals surface area contributed by atoms with Crippen LogP contribution in [-0.2, 0) is 5.75 Å². The first kappa shape index (κ1) is 16.3. The topological polar surface area (TPSA) is 55.0 Å². The summed E-state index contributed by atoms with van der Waals surface area (Å²) in [5.41, 5.74) is 3.83. The third kappa shape index (κ3) is 4.06. The number of nitrogens with zero attached hydrogens (tertiary/aromatic N) is 1. The Hall–Kier alpha value is -2.53. The van der Waals surface area contributed by atoms with Gasteiger partial charge in [-0.15, -0.1) is 0 Å². The number of H-pyrrole nitrogens is 1. The van der Waals surface area contributed by atoms with E-state index in [1.807, 2.05) is 24.3 Å². The molecule has 0 atom stereocenters. The first-order valence-corrected chi connectivity index (χ1v) is 8.57. The van der Waals surface area contributed by atoms with Gasteiger partial charge >= 0.3 is 0 Å². The van der Waals surface area contributed by atoms with Gasteiger partial charge in [-0.1, -0.05) is 41.6 Å². The summed E-state index contributed by atoms with van der Waals surface area (Å²) in [5, 5.41) is 0.619. The molecule has 0 aliphatic rings. The fraction of sp³-hybridized carbons (Fsp3) is 0.158. The molecule has 5 heteroatoms. The summed E-state index contributed by atoms with van der Waals surface area (Å²) >= 11 is 1.52. The van der Waals surface area contributed by atoms with Crippen LogP contribution >= 0.6 is 11.8 Å². The molecule has 0 saturated carbocycles. The van der Waals surface area contributed by atoms with Crippen molar-refractivity contribution in [2.75, 3.05) is 7.11 Å². The molecule has 0 spiro atoms. The third-order valence-corrected chi connectivity index (χ3v) is 4.55. The van der Waals surface area contributed by atoms with E-state index in [0.717, 1.165) is 17.1 Å². The first-order valence-electron chi connectivity index (χ1n) is 7.58. The highest BCUT2D eigenvalue weighted by Crippen LogP contribution is 2.23. The summed E-state index contributed by atoms with van der Waals surface area (Å²) in [6.45, 7) is 2.06. The number of methoxy groups -OCH3 is 1. The molecule has 24 heavy (non-hydrogen) atoms. The van der Waals surface area contributed by atoms with Crippen molar-refractivity contribution in [3.8, 4) is 17.0 Å². The highest BCUT2D eigenvalue weighted by Gasteiger charge is 2.06. The molecule has 122 valence electrons. The Bertz CT molecular complexity index is 871. The number of rotatable bonds is 5. The minimum absolute atomic E-state index is 0.151. The zero-order valence-electron chi connectivity index (χ0n) is 13.6. The van der Waals surface area contributed by atoms with E-state index in [2.05, 4.69) is 41.2 Å². The zero-order valence-corrected chi connectivity index (χ0v) is 14.4. The Morgan fingerprint density at radius 2 is 1.79 bits per heavy atom. The smallest absolute Gasteiger partial charge is 0.252 e. The maximum absolute atomic E-state index is 11.9. The second kappa shape index (κ2) is 7.36. The molecule has 0 aliphatic heterocycles. The number of aromatic amines is 1. The molecular weight excluding hydrogens is 320 g/mol. The number of aryl methyl sites for hydroxylation is 1. The van der Waals surface area contributed by atoms with Crippen molar-refractivity contribution in [2.45, 2.75) is 17.8 Å². The van der Waals surface area contributed by atoms with Crippen LogP contribution in [0.3, 0.4) is 0 Å². The van der Waals surface area contributed by atoms with Crippen LogP contribution in [0.4, 0.5) is 0 Å². The summed E-state index contributed by atoms with van der Waals surface area (Å²) in [5.74, 6) is 1.53. The van der Waals surface area contributed by atoms with Crippen LogP contribution in [0, 0.1) is 6.92 Å². The van der Waals surface area contributed by atoms with Gasteiger partial charge in [-0.05, 0) is 36.8 Å². The lowest BCUT2D eigenvalue weighted by Gasteiger charge is -2.06. The van der Waals surface area contributed by atoms with Gasteiger partial charge in [-0.2, -0.15) is 0 Å². The van der Waals surface area contributed by atoms with E-state index in [1.165, 1.54) is 29.0 Å². The van der Waals surface area contributed by atoms with Crippen LogP contribution in [0.25, 0.3) is 11.3 Å². The van der Waals surface area contributed by atoms with Crippen LogP contribution < -0.4 is 10.3 Å². The van der Waals surface area contributed by atoms with Gasteiger partial charge in [-0.3, -0.25) is 4.79 Å². The van der Waals surface area contributed by atoms with Crippen molar-refractivity contribution in [1.29, 1.82) is 0 Å². The molecule has 0 bridgehead atoms. The normalized spacial score (nSPS) is 10.6. The molecule has 1 aromatic heterocycles. The van der Waals surface area contributed by atoms with Gasteiger partial charge in [0.2, 0.25) is 0 Å². The molecule has 1 N–H and O–H groups in total. The number of benzene rings is 2. The number of hydrogen-bond donors (Lipinski definition) is 1. The predicted molar refractivity (Wildman–Crippen MR) is 97.6 cm³/mol. The number of hydrogen-bond acceptors (Lipinski definition) is 4. The standard InChI is InChI=1S/C19H18N2O2S/c1-13-3-5-14(6-4-13)12-24-19-20-17(11-18(22)21-19)15-7-9-16(23-2)10-8-15/h3-11H,12H2,1-2H3,(H,20,21,22). The largest absolute Gasteiger partial charge is 0.497 e. The Labute approximate surface area is 144 Å². The molecule has 0 fully saturated rings. The minimum atomic E-state index is -0.151. The van der Waals surface area contributed by atoms with Crippen molar-refractivity contribution in [1.82, 2.24) is 9.97 Å². The number of aromatic nitrogens is 2. The van der Waals surface area contributed by atoms with Crippen molar-refractivity contribution in [2.24, 2.45) is 0 Å². The summed E-state index contributed by atoms with van der Waals surface area (Å²) in [4.78, 5) is 19.3. The molecule has 0 amide bonds. The van der Waals surface area contributed by atoms with E-state index in [0.29, 0.717) is 10.9 Å². The SMILES string of the molecule is COc1ccc(-c2cc(=O)[nH]c(SCc3ccc(C)cc3)n2)cc1. The molecule has 3 rings (SSSR count). The minimum Gasteiger partial charge on any atom is -0.497 e. The van der Waals surface area contributed by atoms with Crippen LogP contribution in [0.1, 0.15) is 11.1 Å². The van der Waals surface area contributed by atoms with E-state index < -0.39 is 0 Å². The van der Waals surface area contributed by atoms with E-state index in [4.69, 9.17) is 4.74 Å². The average Bonchev–Trinajstić information content (AvgIpc) is 2.61. The van der Waals surface area contributed by atoms with Gasteiger partial charge in [0.1, 0.15) is 5.75 Å². The van der Waals surface area contributed by atoms with E-state index in [9.17, 15) is 4.79 Å². The number of thioether (sulfide) groups is 1. The zero-order chi connectivity index (χ0) is 16.9. The highest BCUT2D eigenvalue weighted by atomic mass is 32.2. The van der Waals surface area contributed by atoms with Crippen molar-refractivity contribution >= 4 is 11.8 Å². The van der Waals surface area contributed by atoms with Gasteiger partial charge in [0.05, 0.1) is 12.8 Å². The van der Waals surface area contributed by atoms with Crippen LogP contribution in [0.2, 0.25) is 0 Å². The van der Waals surface area contributed by atoms with Gasteiger partial charge in [0.25, 0.3) is 5.56 Å². The lowest BCUT2D eigenvalue weighted by atomic mass is 10.1. The Kier molecular flexibility index (Phi) is 5.01. The molecule has 3 aromatic rings. The number of nitrogens with one attached hydrogen (secondary N) is 1. The average molecular weight is 338 g/mol. The van der Waals surface area contributed by atoms with Crippen LogP contribution in [0.5, 0.6) is 5.75 Å². The van der Waals surface area contributed by atoms with Gasteiger partial charge in [-0.25, -0.2) is 4.98 Å². The molecule has 0 saturated heterocycles. The molecule has 1 heterocycles. The lowest BCUT2D eigenvalue weighted by molar-refractivity contribution is 0.415. The summed E-state index contributed by atoms with van der Waals surface area (Å²) < 4.78 is 5.16. The van der Waals surface area contributed by atoms with E-state index in [-0.39, 0.29) is 5.56 Å².